The van der Waals surface area contributed by atoms with Crippen LogP contribution in [0, 0.1) is 12.7 Å². The third kappa shape index (κ3) is 2.07. The zero-order valence-electron chi connectivity index (χ0n) is 7.15. The van der Waals surface area contributed by atoms with Crippen LogP contribution in [0.5, 0.6) is 0 Å². The molecule has 0 N–H and O–H groups in total. The van der Waals surface area contributed by atoms with Gasteiger partial charge in [-0.3, -0.25) is 4.79 Å². The van der Waals surface area contributed by atoms with Gasteiger partial charge in [-0.2, -0.15) is 0 Å². The van der Waals surface area contributed by atoms with Crippen molar-refractivity contribution >= 4 is 17.4 Å². The summed E-state index contributed by atoms with van der Waals surface area (Å²) in [7, 11) is 0. The highest BCUT2D eigenvalue weighted by atomic mass is 35.5. The molecule has 0 heterocycles. The molecule has 14 heavy (non-hydrogen) atoms. The summed E-state index contributed by atoms with van der Waals surface area (Å²) < 4.78 is 37.2. The fraction of sp³-hybridized carbons (Fsp3) is 0.222. The second kappa shape index (κ2) is 4.00. The monoisotopic (exact) mass is 222 g/mol. The molecule has 0 radical (unpaired) electrons. The molecule has 0 amide bonds. The number of hydrogen-bond donors (Lipinski definition) is 0. The Morgan fingerprint density at radius 3 is 2.50 bits per heavy atom. The summed E-state index contributed by atoms with van der Waals surface area (Å²) in [6.07, 6.45) is -3.22. The van der Waals surface area contributed by atoms with Crippen LogP contribution in [-0.4, -0.2) is 12.2 Å². The van der Waals surface area contributed by atoms with Gasteiger partial charge in [-0.05, 0) is 24.6 Å². The van der Waals surface area contributed by atoms with Gasteiger partial charge in [0, 0.05) is 5.02 Å². The zero-order chi connectivity index (χ0) is 10.9. The minimum atomic E-state index is -3.22. The second-order valence-corrected chi connectivity index (χ2v) is 3.19. The van der Waals surface area contributed by atoms with Gasteiger partial charge in [0.2, 0.25) is 5.78 Å². The fourth-order valence-electron chi connectivity index (χ4n) is 1.02. The molecule has 0 aliphatic rings. The maximum atomic E-state index is 13.2. The number of hydrogen-bond acceptors (Lipinski definition) is 1. The summed E-state index contributed by atoms with van der Waals surface area (Å²) in [5.74, 6) is -2.49. The molecule has 0 aliphatic carbocycles. The van der Waals surface area contributed by atoms with Crippen molar-refractivity contribution in [1.29, 1.82) is 0 Å². The second-order valence-electron chi connectivity index (χ2n) is 2.75. The van der Waals surface area contributed by atoms with Crippen molar-refractivity contribution in [3.63, 3.8) is 0 Å². The van der Waals surface area contributed by atoms with Gasteiger partial charge in [0.1, 0.15) is 5.82 Å². The number of alkyl halides is 2. The molecule has 1 aromatic carbocycles. The van der Waals surface area contributed by atoms with Crippen LogP contribution >= 0.6 is 11.6 Å². The Labute approximate surface area is 83.5 Å². The van der Waals surface area contributed by atoms with E-state index in [9.17, 15) is 18.0 Å². The lowest BCUT2D eigenvalue weighted by molar-refractivity contribution is 0.0674. The first kappa shape index (κ1) is 11.0. The van der Waals surface area contributed by atoms with Crippen LogP contribution in [0.15, 0.2) is 12.1 Å². The van der Waals surface area contributed by atoms with E-state index in [1.807, 2.05) is 0 Å². The van der Waals surface area contributed by atoms with E-state index >= 15 is 0 Å². The predicted molar refractivity (Wildman–Crippen MR) is 46.5 cm³/mol. The molecule has 76 valence electrons. The first-order valence-corrected chi connectivity index (χ1v) is 4.09. The first-order chi connectivity index (χ1) is 6.43. The number of ketones is 1. The normalized spacial score (nSPS) is 10.7. The smallest absolute Gasteiger partial charge is 0.288 e. The highest BCUT2D eigenvalue weighted by Gasteiger charge is 2.22. The molecule has 0 fully saturated rings. The molecule has 0 saturated carbocycles. The third-order valence-electron chi connectivity index (χ3n) is 1.68. The Balaban J connectivity index is 3.27. The summed E-state index contributed by atoms with van der Waals surface area (Å²) in [6, 6.07) is 2.16. The Morgan fingerprint density at radius 1 is 1.43 bits per heavy atom. The average molecular weight is 223 g/mol. The van der Waals surface area contributed by atoms with E-state index in [0.717, 1.165) is 6.07 Å². The van der Waals surface area contributed by atoms with Crippen molar-refractivity contribution < 1.29 is 18.0 Å². The van der Waals surface area contributed by atoms with E-state index in [1.54, 1.807) is 0 Å². The van der Waals surface area contributed by atoms with Crippen molar-refractivity contribution in [3.05, 3.63) is 34.1 Å². The SMILES string of the molecule is Cc1cc(Cl)cc(C(=O)C(F)F)c1F. The van der Waals surface area contributed by atoms with E-state index in [2.05, 4.69) is 0 Å². The van der Waals surface area contributed by atoms with Gasteiger partial charge >= 0.3 is 6.43 Å². The molecule has 0 saturated heterocycles. The van der Waals surface area contributed by atoms with Crippen LogP contribution in [0.4, 0.5) is 13.2 Å². The summed E-state index contributed by atoms with van der Waals surface area (Å²) in [4.78, 5) is 10.8. The standard InChI is InChI=1S/C9H6ClF3O/c1-4-2-5(10)3-6(7(4)11)8(14)9(12)13/h2-3,9H,1H3. The average Bonchev–Trinajstić information content (AvgIpc) is 2.09. The van der Waals surface area contributed by atoms with Crippen molar-refractivity contribution in [3.8, 4) is 0 Å². The van der Waals surface area contributed by atoms with Crippen LogP contribution in [-0.2, 0) is 0 Å². The Morgan fingerprint density at radius 2 is 2.00 bits per heavy atom. The number of carbonyl (C=O) groups excluding carboxylic acids is 1. The molecule has 1 aromatic rings. The minimum absolute atomic E-state index is 0.0629. The third-order valence-corrected chi connectivity index (χ3v) is 1.90. The molecule has 0 spiro atoms. The molecular formula is C9H6ClF3O. The van der Waals surface area contributed by atoms with Gasteiger partial charge in [0.25, 0.3) is 0 Å². The fourth-order valence-corrected chi connectivity index (χ4v) is 1.30. The molecule has 0 unspecified atom stereocenters. The van der Waals surface area contributed by atoms with Crippen LogP contribution in [0.25, 0.3) is 0 Å². The predicted octanol–water partition coefficient (Wildman–Crippen LogP) is 3.24. The largest absolute Gasteiger partial charge is 0.300 e. The number of aryl methyl sites for hydroxylation is 1. The number of benzene rings is 1. The van der Waals surface area contributed by atoms with Crippen molar-refractivity contribution in [2.45, 2.75) is 13.3 Å². The Hall–Kier alpha value is -1.03. The summed E-state index contributed by atoms with van der Waals surface area (Å²) in [6.45, 7) is 1.35. The van der Waals surface area contributed by atoms with Gasteiger partial charge in [-0.1, -0.05) is 11.6 Å². The van der Waals surface area contributed by atoms with Crippen LogP contribution in [0.2, 0.25) is 5.02 Å². The van der Waals surface area contributed by atoms with Crippen LogP contribution in [0.3, 0.4) is 0 Å². The van der Waals surface area contributed by atoms with E-state index in [-0.39, 0.29) is 10.6 Å². The molecule has 1 rings (SSSR count). The minimum Gasteiger partial charge on any atom is -0.288 e. The topological polar surface area (TPSA) is 17.1 Å². The van der Waals surface area contributed by atoms with E-state index in [4.69, 9.17) is 11.6 Å². The zero-order valence-corrected chi connectivity index (χ0v) is 7.91. The number of rotatable bonds is 2. The van der Waals surface area contributed by atoms with Crippen molar-refractivity contribution in [2.24, 2.45) is 0 Å². The number of halogens is 4. The van der Waals surface area contributed by atoms with Crippen LogP contribution in [0.1, 0.15) is 15.9 Å². The molecule has 0 atom stereocenters. The first-order valence-electron chi connectivity index (χ1n) is 3.71. The van der Waals surface area contributed by atoms with Gasteiger partial charge in [0.05, 0.1) is 5.56 Å². The Kier molecular flexibility index (Phi) is 3.16. The summed E-state index contributed by atoms with van der Waals surface area (Å²) in [5, 5.41) is 0.0629. The molecule has 0 aliphatic heterocycles. The quantitative estimate of drug-likeness (QED) is 0.702. The van der Waals surface area contributed by atoms with Crippen molar-refractivity contribution in [1.82, 2.24) is 0 Å². The molecule has 0 aromatic heterocycles. The lowest BCUT2D eigenvalue weighted by Crippen LogP contribution is -2.13. The number of carbonyl (C=O) groups is 1. The summed E-state index contributed by atoms with van der Waals surface area (Å²) in [5.41, 5.74) is -0.591. The molecule has 1 nitrogen and oxygen atoms in total. The maximum Gasteiger partial charge on any atom is 0.300 e. The van der Waals surface area contributed by atoms with E-state index < -0.39 is 23.6 Å². The van der Waals surface area contributed by atoms with Gasteiger partial charge in [-0.15, -0.1) is 0 Å². The lowest BCUT2D eigenvalue weighted by Gasteiger charge is -2.04. The lowest BCUT2D eigenvalue weighted by atomic mass is 10.1. The highest BCUT2D eigenvalue weighted by Crippen LogP contribution is 2.21. The van der Waals surface area contributed by atoms with Crippen LogP contribution < -0.4 is 0 Å². The van der Waals surface area contributed by atoms with E-state index in [0.29, 0.717) is 0 Å². The van der Waals surface area contributed by atoms with Gasteiger partial charge in [0.15, 0.2) is 0 Å². The van der Waals surface area contributed by atoms with Gasteiger partial charge < -0.3 is 0 Å². The maximum absolute atomic E-state index is 13.2. The van der Waals surface area contributed by atoms with E-state index in [1.165, 1.54) is 13.0 Å². The van der Waals surface area contributed by atoms with Gasteiger partial charge in [-0.25, -0.2) is 13.2 Å². The molecule has 0 bridgehead atoms. The Bertz CT molecular complexity index is 377. The molecular weight excluding hydrogens is 217 g/mol. The number of Topliss-reactive ketones (excluding diaryl/α,β-unsaturated/α-hetero) is 1. The highest BCUT2D eigenvalue weighted by molar-refractivity contribution is 6.31. The molecule has 5 heteroatoms. The van der Waals surface area contributed by atoms with Crippen molar-refractivity contribution in [2.75, 3.05) is 0 Å². The summed E-state index contributed by atoms with van der Waals surface area (Å²) >= 11 is 5.51.